The summed E-state index contributed by atoms with van der Waals surface area (Å²) in [6, 6.07) is 2.07. The van der Waals surface area contributed by atoms with Gasteiger partial charge < -0.3 is 10.7 Å². The van der Waals surface area contributed by atoms with Gasteiger partial charge in [0.05, 0.1) is 10.0 Å². The third-order valence-electron chi connectivity index (χ3n) is 3.25. The van der Waals surface area contributed by atoms with Crippen LogP contribution in [0.3, 0.4) is 0 Å². The summed E-state index contributed by atoms with van der Waals surface area (Å²) < 4.78 is 0. The van der Waals surface area contributed by atoms with E-state index < -0.39 is 0 Å². The van der Waals surface area contributed by atoms with Crippen molar-refractivity contribution in [3.05, 3.63) is 16.1 Å². The first kappa shape index (κ1) is 12.7. The molecule has 1 aromatic heterocycles. The summed E-state index contributed by atoms with van der Waals surface area (Å²) in [6.45, 7) is 2.23. The van der Waals surface area contributed by atoms with Crippen molar-refractivity contribution in [2.45, 2.75) is 32.2 Å². The van der Waals surface area contributed by atoms with Gasteiger partial charge in [-0.05, 0) is 24.8 Å². The van der Waals surface area contributed by atoms with E-state index >= 15 is 0 Å². The Morgan fingerprint density at radius 1 is 1.29 bits per heavy atom. The smallest absolute Gasteiger partial charge is 0.161 e. The number of anilines is 2. The first-order valence-corrected chi connectivity index (χ1v) is 6.46. The molecule has 2 atom stereocenters. The Labute approximate surface area is 111 Å². The monoisotopic (exact) mass is 274 g/mol. The molecule has 0 bridgehead atoms. The summed E-state index contributed by atoms with van der Waals surface area (Å²) in [5, 5.41) is 4.30. The molecule has 6 heteroatoms. The molecule has 0 amide bonds. The molecule has 1 aliphatic carbocycles. The minimum atomic E-state index is 0.419. The lowest BCUT2D eigenvalue weighted by Crippen LogP contribution is -2.23. The lowest BCUT2D eigenvalue weighted by molar-refractivity contribution is 0.555. The van der Waals surface area contributed by atoms with E-state index in [0.29, 0.717) is 33.6 Å². The minimum Gasteiger partial charge on any atom is -0.366 e. The van der Waals surface area contributed by atoms with Crippen molar-refractivity contribution in [3.63, 3.8) is 0 Å². The van der Waals surface area contributed by atoms with Crippen LogP contribution < -0.4 is 16.6 Å². The fourth-order valence-electron chi connectivity index (χ4n) is 2.20. The fraction of sp³-hybridized carbons (Fsp3) is 0.545. The molecule has 1 fully saturated rings. The summed E-state index contributed by atoms with van der Waals surface area (Å²) in [5.41, 5.74) is 2.46. The Morgan fingerprint density at radius 2 is 2.00 bits per heavy atom. The van der Waals surface area contributed by atoms with Crippen molar-refractivity contribution >= 4 is 34.8 Å². The van der Waals surface area contributed by atoms with Crippen LogP contribution in [0, 0.1) is 5.92 Å². The molecule has 0 radical (unpaired) electrons. The number of nitrogens with one attached hydrogen (secondary N) is 2. The van der Waals surface area contributed by atoms with Crippen molar-refractivity contribution in [2.24, 2.45) is 11.8 Å². The van der Waals surface area contributed by atoms with Gasteiger partial charge in [0.25, 0.3) is 0 Å². The van der Waals surface area contributed by atoms with Crippen molar-refractivity contribution in [1.82, 2.24) is 4.98 Å². The Hall–Kier alpha value is -0.710. The molecule has 1 aliphatic rings. The van der Waals surface area contributed by atoms with E-state index in [0.717, 1.165) is 6.42 Å². The second-order valence-electron chi connectivity index (χ2n) is 4.45. The van der Waals surface area contributed by atoms with Crippen molar-refractivity contribution in [1.29, 1.82) is 0 Å². The number of aromatic nitrogens is 1. The number of hydrazine groups is 1. The zero-order valence-corrected chi connectivity index (χ0v) is 11.1. The summed E-state index contributed by atoms with van der Waals surface area (Å²) in [5.74, 6) is 7.05. The summed E-state index contributed by atoms with van der Waals surface area (Å²) in [7, 11) is 0. The Balaban J connectivity index is 2.20. The standard InChI is InChI=1S/C11H16Cl2N4/c1-6-3-2-4-9(6)15-10-7(12)5-8(13)11(16-10)17-14/h5-6,9H,2-4,14H2,1H3,(H2,15,16,17). The fourth-order valence-corrected chi connectivity index (χ4v) is 2.67. The van der Waals surface area contributed by atoms with Gasteiger partial charge in [0, 0.05) is 6.04 Å². The summed E-state index contributed by atoms with van der Waals surface area (Å²) in [6.07, 6.45) is 3.63. The molecule has 4 N–H and O–H groups in total. The van der Waals surface area contributed by atoms with Crippen molar-refractivity contribution in [2.75, 3.05) is 10.7 Å². The topological polar surface area (TPSA) is 63.0 Å². The molecule has 1 saturated carbocycles. The van der Waals surface area contributed by atoms with Gasteiger partial charge in [-0.2, -0.15) is 0 Å². The predicted octanol–water partition coefficient (Wildman–Crippen LogP) is 3.27. The number of hydrogen-bond donors (Lipinski definition) is 3. The van der Waals surface area contributed by atoms with E-state index in [-0.39, 0.29) is 0 Å². The van der Waals surface area contributed by atoms with E-state index in [1.165, 1.54) is 12.8 Å². The van der Waals surface area contributed by atoms with Gasteiger partial charge in [-0.15, -0.1) is 0 Å². The average molecular weight is 275 g/mol. The molecule has 4 nitrogen and oxygen atoms in total. The minimum absolute atomic E-state index is 0.419. The van der Waals surface area contributed by atoms with E-state index in [4.69, 9.17) is 29.0 Å². The second-order valence-corrected chi connectivity index (χ2v) is 5.27. The maximum atomic E-state index is 6.11. The second kappa shape index (κ2) is 5.29. The van der Waals surface area contributed by atoms with Gasteiger partial charge in [0.1, 0.15) is 5.82 Å². The molecule has 0 aliphatic heterocycles. The largest absolute Gasteiger partial charge is 0.366 e. The van der Waals surface area contributed by atoms with E-state index in [1.807, 2.05) is 0 Å². The maximum absolute atomic E-state index is 6.11. The predicted molar refractivity (Wildman–Crippen MR) is 72.5 cm³/mol. The van der Waals surface area contributed by atoms with Crippen LogP contribution in [0.5, 0.6) is 0 Å². The van der Waals surface area contributed by atoms with E-state index in [2.05, 4.69) is 22.7 Å². The highest BCUT2D eigenvalue weighted by atomic mass is 35.5. The lowest BCUT2D eigenvalue weighted by atomic mass is 10.1. The first-order valence-electron chi connectivity index (χ1n) is 5.71. The molecular formula is C11H16Cl2N4. The highest BCUT2D eigenvalue weighted by molar-refractivity contribution is 6.37. The summed E-state index contributed by atoms with van der Waals surface area (Å²) in [4.78, 5) is 4.28. The summed E-state index contributed by atoms with van der Waals surface area (Å²) >= 11 is 12.0. The van der Waals surface area contributed by atoms with Gasteiger partial charge in [-0.25, -0.2) is 10.8 Å². The highest BCUT2D eigenvalue weighted by Gasteiger charge is 2.24. The Morgan fingerprint density at radius 3 is 2.59 bits per heavy atom. The molecule has 94 valence electrons. The molecular weight excluding hydrogens is 259 g/mol. The zero-order valence-electron chi connectivity index (χ0n) is 9.63. The maximum Gasteiger partial charge on any atom is 0.161 e. The van der Waals surface area contributed by atoms with Crippen LogP contribution in [0.2, 0.25) is 10.0 Å². The first-order chi connectivity index (χ1) is 8.11. The lowest BCUT2D eigenvalue weighted by Gasteiger charge is -2.19. The number of hydrogen-bond acceptors (Lipinski definition) is 4. The van der Waals surface area contributed by atoms with E-state index in [9.17, 15) is 0 Å². The molecule has 2 unspecified atom stereocenters. The average Bonchev–Trinajstić information content (AvgIpc) is 2.68. The normalized spacial score (nSPS) is 23.8. The van der Waals surface area contributed by atoms with Crippen LogP contribution in [-0.2, 0) is 0 Å². The molecule has 1 aromatic rings. The third kappa shape index (κ3) is 2.76. The number of pyridine rings is 1. The zero-order chi connectivity index (χ0) is 12.4. The molecule has 2 rings (SSSR count). The van der Waals surface area contributed by atoms with Gasteiger partial charge in [0.15, 0.2) is 5.82 Å². The molecule has 0 spiro atoms. The Bertz CT molecular complexity index is 411. The SMILES string of the molecule is CC1CCCC1Nc1nc(NN)c(Cl)cc1Cl. The number of nitrogens with two attached hydrogens (primary N) is 1. The van der Waals surface area contributed by atoms with Crippen LogP contribution in [0.15, 0.2) is 6.07 Å². The number of nitrogen functional groups attached to an aromatic ring is 1. The van der Waals surface area contributed by atoms with E-state index in [1.54, 1.807) is 6.07 Å². The van der Waals surface area contributed by atoms with Crippen molar-refractivity contribution in [3.8, 4) is 0 Å². The van der Waals surface area contributed by atoms with Crippen molar-refractivity contribution < 1.29 is 0 Å². The number of rotatable bonds is 3. The third-order valence-corrected chi connectivity index (χ3v) is 3.83. The van der Waals surface area contributed by atoms with Gasteiger partial charge in [0.2, 0.25) is 0 Å². The van der Waals surface area contributed by atoms with Gasteiger partial charge >= 0.3 is 0 Å². The van der Waals surface area contributed by atoms with Gasteiger partial charge in [-0.1, -0.05) is 36.5 Å². The van der Waals surface area contributed by atoms with Crippen LogP contribution in [0.25, 0.3) is 0 Å². The van der Waals surface area contributed by atoms with Crippen LogP contribution in [-0.4, -0.2) is 11.0 Å². The molecule has 0 saturated heterocycles. The van der Waals surface area contributed by atoms with Gasteiger partial charge in [-0.3, -0.25) is 0 Å². The number of nitrogens with zero attached hydrogens (tertiary/aromatic N) is 1. The van der Waals surface area contributed by atoms with Crippen LogP contribution in [0.1, 0.15) is 26.2 Å². The Kier molecular flexibility index (Phi) is 3.97. The quantitative estimate of drug-likeness (QED) is 0.585. The molecule has 1 heterocycles. The van der Waals surface area contributed by atoms with Crippen LogP contribution in [0.4, 0.5) is 11.6 Å². The molecule has 17 heavy (non-hydrogen) atoms. The number of halogens is 2. The highest BCUT2D eigenvalue weighted by Crippen LogP contribution is 2.32. The van der Waals surface area contributed by atoms with Crippen LogP contribution >= 0.6 is 23.2 Å². The molecule has 0 aromatic carbocycles.